The lowest BCUT2D eigenvalue weighted by molar-refractivity contribution is 0.307. The van der Waals surface area contributed by atoms with E-state index in [1.54, 1.807) is 0 Å². The number of benzene rings is 2. The van der Waals surface area contributed by atoms with Crippen LogP contribution in [0.1, 0.15) is 25.5 Å². The normalized spacial score (nSPS) is 10.9. The molecule has 0 aliphatic carbocycles. The van der Waals surface area contributed by atoms with Gasteiger partial charge >= 0.3 is 0 Å². The summed E-state index contributed by atoms with van der Waals surface area (Å²) in [5.74, 6) is 0.883. The van der Waals surface area contributed by atoms with E-state index in [1.807, 2.05) is 48.9 Å². The molecule has 3 heteroatoms. The van der Waals surface area contributed by atoms with Gasteiger partial charge in [-0.15, -0.1) is 0 Å². The summed E-state index contributed by atoms with van der Waals surface area (Å²) in [4.78, 5) is 4.29. The second-order valence-electron chi connectivity index (χ2n) is 5.55. The molecule has 0 fully saturated rings. The first-order chi connectivity index (χ1) is 10.8. The van der Waals surface area contributed by atoms with Crippen LogP contribution in [-0.4, -0.2) is 9.55 Å². The molecule has 0 radical (unpaired) electrons. The third-order valence-corrected chi connectivity index (χ3v) is 3.62. The van der Waals surface area contributed by atoms with Crippen molar-refractivity contribution in [1.82, 2.24) is 9.55 Å². The number of para-hydroxylation sites is 1. The summed E-state index contributed by atoms with van der Waals surface area (Å²) in [6.45, 7) is 4.87. The van der Waals surface area contributed by atoms with Crippen molar-refractivity contribution in [2.24, 2.45) is 0 Å². The van der Waals surface area contributed by atoms with Crippen LogP contribution in [-0.2, 0) is 6.61 Å². The molecule has 3 nitrogen and oxygen atoms in total. The Morgan fingerprint density at radius 1 is 1.00 bits per heavy atom. The summed E-state index contributed by atoms with van der Waals surface area (Å²) in [5.41, 5.74) is 3.32. The first kappa shape index (κ1) is 14.4. The molecule has 1 heterocycles. The van der Waals surface area contributed by atoms with Crippen molar-refractivity contribution in [3.63, 3.8) is 0 Å². The molecule has 3 aromatic rings. The van der Waals surface area contributed by atoms with Crippen LogP contribution in [0.3, 0.4) is 0 Å². The van der Waals surface area contributed by atoms with Gasteiger partial charge in [0.2, 0.25) is 0 Å². The van der Waals surface area contributed by atoms with E-state index in [1.165, 1.54) is 0 Å². The van der Waals surface area contributed by atoms with Crippen LogP contribution in [0.4, 0.5) is 0 Å². The van der Waals surface area contributed by atoms with Crippen molar-refractivity contribution in [2.45, 2.75) is 26.5 Å². The molecule has 0 spiro atoms. The number of ether oxygens (including phenoxy) is 1. The van der Waals surface area contributed by atoms with Crippen molar-refractivity contribution < 1.29 is 4.74 Å². The topological polar surface area (TPSA) is 27.1 Å². The Morgan fingerprint density at radius 3 is 2.50 bits per heavy atom. The number of imidazole rings is 1. The molecule has 0 saturated carbocycles. The van der Waals surface area contributed by atoms with Gasteiger partial charge in [-0.1, -0.05) is 42.5 Å². The minimum atomic E-state index is 0.361. The standard InChI is InChI=1S/C19H20N2O/c1-15(2)21-14-20-12-18(21)17-10-6-7-11-19(17)22-13-16-8-4-3-5-9-16/h3-12,14-15H,13H2,1-2H3. The molecule has 1 aromatic heterocycles. The molecule has 0 bridgehead atoms. The van der Waals surface area contributed by atoms with Gasteiger partial charge in [0, 0.05) is 11.6 Å². The maximum atomic E-state index is 6.04. The fourth-order valence-corrected chi connectivity index (χ4v) is 2.46. The average molecular weight is 292 g/mol. The van der Waals surface area contributed by atoms with Crippen molar-refractivity contribution in [3.05, 3.63) is 72.7 Å². The summed E-state index contributed by atoms with van der Waals surface area (Å²) in [7, 11) is 0. The van der Waals surface area contributed by atoms with Crippen LogP contribution in [0, 0.1) is 0 Å². The lowest BCUT2D eigenvalue weighted by Crippen LogP contribution is -2.03. The van der Waals surface area contributed by atoms with Gasteiger partial charge in [0.25, 0.3) is 0 Å². The maximum Gasteiger partial charge on any atom is 0.129 e. The number of rotatable bonds is 5. The predicted octanol–water partition coefficient (Wildman–Crippen LogP) is 4.71. The fourth-order valence-electron chi connectivity index (χ4n) is 2.46. The maximum absolute atomic E-state index is 6.04. The largest absolute Gasteiger partial charge is 0.488 e. The zero-order valence-corrected chi connectivity index (χ0v) is 12.9. The Labute approximate surface area is 131 Å². The lowest BCUT2D eigenvalue weighted by atomic mass is 10.1. The first-order valence-corrected chi connectivity index (χ1v) is 7.53. The number of hydrogen-bond acceptors (Lipinski definition) is 2. The summed E-state index contributed by atoms with van der Waals surface area (Å²) in [6.07, 6.45) is 3.76. The highest BCUT2D eigenvalue weighted by molar-refractivity contribution is 5.67. The minimum absolute atomic E-state index is 0.361. The van der Waals surface area contributed by atoms with E-state index in [0.29, 0.717) is 12.6 Å². The third kappa shape index (κ3) is 3.03. The molecule has 0 aliphatic heterocycles. The van der Waals surface area contributed by atoms with Crippen molar-refractivity contribution in [1.29, 1.82) is 0 Å². The molecule has 2 aromatic carbocycles. The van der Waals surface area contributed by atoms with E-state index in [4.69, 9.17) is 4.74 Å². The molecular weight excluding hydrogens is 272 g/mol. The van der Waals surface area contributed by atoms with Crippen LogP contribution in [0.5, 0.6) is 5.75 Å². The van der Waals surface area contributed by atoms with Crippen molar-refractivity contribution in [2.75, 3.05) is 0 Å². The van der Waals surface area contributed by atoms with Gasteiger partial charge in [-0.2, -0.15) is 0 Å². The summed E-state index contributed by atoms with van der Waals surface area (Å²) < 4.78 is 8.20. The van der Waals surface area contributed by atoms with Crippen LogP contribution >= 0.6 is 0 Å². The van der Waals surface area contributed by atoms with Crippen molar-refractivity contribution >= 4 is 0 Å². The van der Waals surface area contributed by atoms with Crippen LogP contribution in [0.25, 0.3) is 11.3 Å². The van der Waals surface area contributed by atoms with Gasteiger partial charge in [-0.05, 0) is 31.5 Å². The Hall–Kier alpha value is -2.55. The number of hydrogen-bond donors (Lipinski definition) is 0. The SMILES string of the molecule is CC(C)n1cncc1-c1ccccc1OCc1ccccc1. The molecule has 0 saturated heterocycles. The van der Waals surface area contributed by atoms with Crippen LogP contribution in [0.2, 0.25) is 0 Å². The molecule has 3 rings (SSSR count). The Kier molecular flexibility index (Phi) is 4.24. The van der Waals surface area contributed by atoms with Crippen LogP contribution < -0.4 is 4.74 Å². The zero-order valence-electron chi connectivity index (χ0n) is 12.9. The molecule has 0 unspecified atom stereocenters. The summed E-state index contributed by atoms with van der Waals surface area (Å²) in [6, 6.07) is 18.7. The molecule has 0 amide bonds. The number of nitrogens with zero attached hydrogens (tertiary/aromatic N) is 2. The second kappa shape index (κ2) is 6.48. The van der Waals surface area contributed by atoms with E-state index in [2.05, 4.69) is 41.6 Å². The predicted molar refractivity (Wildman–Crippen MR) is 88.8 cm³/mol. The average Bonchev–Trinajstić information content (AvgIpc) is 3.04. The monoisotopic (exact) mass is 292 g/mol. The van der Waals surface area contributed by atoms with Gasteiger partial charge in [0.15, 0.2) is 0 Å². The molecule has 0 N–H and O–H groups in total. The Bertz CT molecular complexity index is 732. The lowest BCUT2D eigenvalue weighted by Gasteiger charge is -2.15. The highest BCUT2D eigenvalue weighted by Gasteiger charge is 2.12. The Morgan fingerprint density at radius 2 is 1.73 bits per heavy atom. The highest BCUT2D eigenvalue weighted by atomic mass is 16.5. The van der Waals surface area contributed by atoms with Gasteiger partial charge in [-0.3, -0.25) is 0 Å². The van der Waals surface area contributed by atoms with Gasteiger partial charge in [-0.25, -0.2) is 4.98 Å². The second-order valence-corrected chi connectivity index (χ2v) is 5.55. The molecule has 112 valence electrons. The molecule has 0 atom stereocenters. The minimum Gasteiger partial charge on any atom is -0.488 e. The quantitative estimate of drug-likeness (QED) is 0.681. The third-order valence-electron chi connectivity index (χ3n) is 3.62. The van der Waals surface area contributed by atoms with E-state index < -0.39 is 0 Å². The Balaban J connectivity index is 1.88. The smallest absolute Gasteiger partial charge is 0.129 e. The van der Waals surface area contributed by atoms with E-state index >= 15 is 0 Å². The van der Waals surface area contributed by atoms with Gasteiger partial charge in [0.1, 0.15) is 12.4 Å². The van der Waals surface area contributed by atoms with Crippen LogP contribution in [0.15, 0.2) is 67.1 Å². The summed E-state index contributed by atoms with van der Waals surface area (Å²) in [5, 5.41) is 0. The van der Waals surface area contributed by atoms with Gasteiger partial charge in [0.05, 0.1) is 18.2 Å². The molecular formula is C19H20N2O. The van der Waals surface area contributed by atoms with Gasteiger partial charge < -0.3 is 9.30 Å². The molecule has 0 aliphatic rings. The van der Waals surface area contributed by atoms with E-state index in [0.717, 1.165) is 22.6 Å². The summed E-state index contributed by atoms with van der Waals surface area (Å²) >= 11 is 0. The zero-order chi connectivity index (χ0) is 15.4. The highest BCUT2D eigenvalue weighted by Crippen LogP contribution is 2.31. The number of aromatic nitrogens is 2. The van der Waals surface area contributed by atoms with E-state index in [9.17, 15) is 0 Å². The first-order valence-electron chi connectivity index (χ1n) is 7.53. The van der Waals surface area contributed by atoms with Crippen molar-refractivity contribution in [3.8, 4) is 17.0 Å². The fraction of sp³-hybridized carbons (Fsp3) is 0.211. The van der Waals surface area contributed by atoms with E-state index in [-0.39, 0.29) is 0 Å². The molecule has 22 heavy (non-hydrogen) atoms.